The van der Waals surface area contributed by atoms with Crippen LogP contribution in [0.15, 0.2) is 119 Å². The lowest BCUT2D eigenvalue weighted by atomic mass is 9.91. The average Bonchev–Trinajstić information content (AvgIpc) is 2.88. The molecule has 1 aliphatic rings. The highest BCUT2D eigenvalue weighted by molar-refractivity contribution is 5.96. The van der Waals surface area contributed by atoms with Crippen LogP contribution in [0, 0.1) is 0 Å². The summed E-state index contributed by atoms with van der Waals surface area (Å²) in [6.45, 7) is 0.479. The lowest BCUT2D eigenvalue weighted by Crippen LogP contribution is -2.52. The molecule has 174 valence electrons. The van der Waals surface area contributed by atoms with Crippen molar-refractivity contribution in [3.8, 4) is 17.2 Å². The molecule has 7 heteroatoms. The van der Waals surface area contributed by atoms with Crippen LogP contribution < -0.4 is 26.3 Å². The standard InChI is InChI=1S/C28H25N5O2/c29-26-31-27(30)33-28(32-26,22-10-7-13-25(18-22)35-24-11-5-2-6-12-24)21-14-16-23(17-15-21)34-19-20-8-3-1-4-9-20/h1-18H,19H2,(H5,29,30,31,32,33). The second-order valence-corrected chi connectivity index (χ2v) is 8.04. The van der Waals surface area contributed by atoms with Crippen LogP contribution in [0.5, 0.6) is 17.2 Å². The number of hydrogen-bond donors (Lipinski definition) is 3. The van der Waals surface area contributed by atoms with Gasteiger partial charge in [-0.25, -0.2) is 4.99 Å². The van der Waals surface area contributed by atoms with E-state index in [2.05, 4.69) is 10.3 Å². The smallest absolute Gasteiger partial charge is 0.221 e. The minimum Gasteiger partial charge on any atom is -0.489 e. The van der Waals surface area contributed by atoms with Crippen molar-refractivity contribution >= 4 is 11.9 Å². The first-order valence-corrected chi connectivity index (χ1v) is 11.2. The van der Waals surface area contributed by atoms with Gasteiger partial charge in [0.15, 0.2) is 11.6 Å². The van der Waals surface area contributed by atoms with Gasteiger partial charge < -0.3 is 26.3 Å². The van der Waals surface area contributed by atoms with E-state index in [0.29, 0.717) is 12.4 Å². The molecule has 0 radical (unpaired) electrons. The van der Waals surface area contributed by atoms with Gasteiger partial charge in [-0.05, 0) is 42.0 Å². The van der Waals surface area contributed by atoms with Gasteiger partial charge in [-0.1, -0.05) is 72.8 Å². The fraction of sp³-hybridized carbons (Fsp3) is 0.0714. The molecule has 0 bridgehead atoms. The number of rotatable bonds is 7. The summed E-state index contributed by atoms with van der Waals surface area (Å²) in [6, 6.07) is 34.9. The zero-order valence-corrected chi connectivity index (χ0v) is 19.0. The zero-order chi connectivity index (χ0) is 24.1. The third-order valence-electron chi connectivity index (χ3n) is 5.58. The van der Waals surface area contributed by atoms with Gasteiger partial charge >= 0.3 is 0 Å². The fourth-order valence-electron chi connectivity index (χ4n) is 3.94. The van der Waals surface area contributed by atoms with Gasteiger partial charge in [0.05, 0.1) is 0 Å². The van der Waals surface area contributed by atoms with Crippen LogP contribution in [0.2, 0.25) is 0 Å². The normalized spacial score (nSPS) is 17.0. The highest BCUT2D eigenvalue weighted by Crippen LogP contribution is 2.36. The molecule has 5 rings (SSSR count). The lowest BCUT2D eigenvalue weighted by molar-refractivity contribution is 0.306. The van der Waals surface area contributed by atoms with Gasteiger partial charge in [0.25, 0.3) is 0 Å². The molecule has 1 aliphatic heterocycles. The number of ether oxygens (including phenoxy) is 2. The quantitative estimate of drug-likeness (QED) is 0.374. The Balaban J connectivity index is 1.46. The highest BCUT2D eigenvalue weighted by atomic mass is 16.5. The summed E-state index contributed by atoms with van der Waals surface area (Å²) in [5, 5.41) is 3.23. The molecule has 0 fully saturated rings. The van der Waals surface area contributed by atoms with Gasteiger partial charge in [0.1, 0.15) is 23.9 Å². The van der Waals surface area contributed by atoms with E-state index in [9.17, 15) is 0 Å². The average molecular weight is 464 g/mol. The van der Waals surface area contributed by atoms with E-state index >= 15 is 0 Å². The number of nitrogens with two attached hydrogens (primary N) is 2. The summed E-state index contributed by atoms with van der Waals surface area (Å²) in [7, 11) is 0. The van der Waals surface area contributed by atoms with Crippen LogP contribution in [0.3, 0.4) is 0 Å². The minimum atomic E-state index is -1.08. The Bertz CT molecular complexity index is 1360. The van der Waals surface area contributed by atoms with Crippen LogP contribution in [-0.2, 0) is 12.3 Å². The van der Waals surface area contributed by atoms with Crippen LogP contribution in [-0.4, -0.2) is 11.9 Å². The van der Waals surface area contributed by atoms with E-state index in [0.717, 1.165) is 28.2 Å². The van der Waals surface area contributed by atoms with Crippen molar-refractivity contribution in [1.29, 1.82) is 0 Å². The number of nitrogens with one attached hydrogen (secondary N) is 1. The third-order valence-corrected chi connectivity index (χ3v) is 5.58. The Hall–Kier alpha value is -4.78. The minimum absolute atomic E-state index is 0.0834. The monoisotopic (exact) mass is 463 g/mol. The van der Waals surface area contributed by atoms with Crippen molar-refractivity contribution in [1.82, 2.24) is 5.32 Å². The third kappa shape index (κ3) is 4.94. The van der Waals surface area contributed by atoms with Crippen LogP contribution in [0.25, 0.3) is 0 Å². The van der Waals surface area contributed by atoms with Crippen LogP contribution in [0.4, 0.5) is 0 Å². The Labute approximate surface area is 203 Å². The number of benzene rings is 4. The van der Waals surface area contributed by atoms with Gasteiger partial charge in [-0.3, -0.25) is 0 Å². The molecule has 0 aromatic heterocycles. The summed E-state index contributed by atoms with van der Waals surface area (Å²) >= 11 is 0. The van der Waals surface area contributed by atoms with Crippen molar-refractivity contribution in [3.05, 3.63) is 126 Å². The zero-order valence-electron chi connectivity index (χ0n) is 19.0. The molecular formula is C28H25N5O2. The van der Waals surface area contributed by atoms with E-state index in [1.165, 1.54) is 0 Å². The van der Waals surface area contributed by atoms with E-state index in [-0.39, 0.29) is 11.9 Å². The summed E-state index contributed by atoms with van der Waals surface area (Å²) in [4.78, 5) is 8.75. The van der Waals surface area contributed by atoms with Crippen LogP contribution >= 0.6 is 0 Å². The molecule has 1 unspecified atom stereocenters. The second-order valence-electron chi connectivity index (χ2n) is 8.04. The van der Waals surface area contributed by atoms with E-state index < -0.39 is 5.66 Å². The summed E-state index contributed by atoms with van der Waals surface area (Å²) in [5.41, 5.74) is 13.8. The number of aliphatic imine (C=N–C) groups is 2. The Morgan fingerprint density at radius 2 is 1.37 bits per heavy atom. The summed E-state index contributed by atoms with van der Waals surface area (Å²) in [5.74, 6) is 2.39. The summed E-state index contributed by atoms with van der Waals surface area (Å²) < 4.78 is 12.0. The molecule has 4 aromatic rings. The largest absolute Gasteiger partial charge is 0.489 e. The topological polar surface area (TPSA) is 107 Å². The first-order chi connectivity index (χ1) is 17.1. The SMILES string of the molecule is NC1=NC(c2ccc(OCc3ccccc3)cc2)(c2cccc(Oc3ccccc3)c2)NC(N)=N1. The van der Waals surface area contributed by atoms with Crippen LogP contribution in [0.1, 0.15) is 16.7 Å². The number of nitrogens with zero attached hydrogens (tertiary/aromatic N) is 2. The molecule has 1 atom stereocenters. The van der Waals surface area contributed by atoms with Gasteiger partial charge in [0.2, 0.25) is 5.96 Å². The predicted octanol–water partition coefficient (Wildman–Crippen LogP) is 4.49. The van der Waals surface area contributed by atoms with E-state index in [1.54, 1.807) is 0 Å². The fourth-order valence-corrected chi connectivity index (χ4v) is 3.94. The first-order valence-electron chi connectivity index (χ1n) is 11.2. The second kappa shape index (κ2) is 9.61. The molecule has 0 saturated carbocycles. The van der Waals surface area contributed by atoms with Crippen molar-refractivity contribution in [2.45, 2.75) is 12.3 Å². The Kier molecular flexibility index (Phi) is 6.05. The van der Waals surface area contributed by atoms with Gasteiger partial charge in [0, 0.05) is 11.1 Å². The molecule has 35 heavy (non-hydrogen) atoms. The lowest BCUT2D eigenvalue weighted by Gasteiger charge is -2.35. The Morgan fingerprint density at radius 3 is 2.09 bits per heavy atom. The Morgan fingerprint density at radius 1 is 0.686 bits per heavy atom. The predicted molar refractivity (Wildman–Crippen MR) is 137 cm³/mol. The molecule has 0 aliphatic carbocycles. The molecule has 0 spiro atoms. The first kappa shape index (κ1) is 22.0. The van der Waals surface area contributed by atoms with Gasteiger partial charge in [-0.2, -0.15) is 4.99 Å². The number of guanidine groups is 2. The maximum Gasteiger partial charge on any atom is 0.221 e. The molecular weight excluding hydrogens is 438 g/mol. The number of para-hydroxylation sites is 1. The van der Waals surface area contributed by atoms with Crippen molar-refractivity contribution < 1.29 is 9.47 Å². The maximum atomic E-state index is 6.10. The summed E-state index contributed by atoms with van der Waals surface area (Å²) in [6.07, 6.45) is 0. The van der Waals surface area contributed by atoms with Crippen molar-refractivity contribution in [2.75, 3.05) is 0 Å². The molecule has 5 N–H and O–H groups in total. The van der Waals surface area contributed by atoms with Crippen molar-refractivity contribution in [2.24, 2.45) is 21.5 Å². The van der Waals surface area contributed by atoms with E-state index in [1.807, 2.05) is 109 Å². The highest BCUT2D eigenvalue weighted by Gasteiger charge is 2.37. The maximum absolute atomic E-state index is 6.10. The molecule has 0 saturated heterocycles. The molecule has 4 aromatic carbocycles. The van der Waals surface area contributed by atoms with Gasteiger partial charge in [-0.15, -0.1) is 0 Å². The molecule has 1 heterocycles. The molecule has 0 amide bonds. The van der Waals surface area contributed by atoms with Crippen molar-refractivity contribution in [3.63, 3.8) is 0 Å². The molecule has 7 nitrogen and oxygen atoms in total. The van der Waals surface area contributed by atoms with E-state index in [4.69, 9.17) is 25.9 Å². The number of hydrogen-bond acceptors (Lipinski definition) is 7.